The standard InChI is InChI=1S/4C4H8OS.Sn/c4*1-3-4(6)2-5-3;/h4*3-4,6H,2H2,1H3;/q;;;;+4/p-4. The summed E-state index contributed by atoms with van der Waals surface area (Å²) < 4.78 is 22.8. The molecule has 0 aliphatic carbocycles. The van der Waals surface area contributed by atoms with Gasteiger partial charge in [0.05, 0.1) is 0 Å². The Morgan fingerprint density at radius 1 is 0.520 bits per heavy atom. The van der Waals surface area contributed by atoms with Gasteiger partial charge in [-0.25, -0.2) is 0 Å². The molecule has 0 saturated carbocycles. The Bertz CT molecular complexity index is 402. The molecule has 4 aliphatic heterocycles. The van der Waals surface area contributed by atoms with Crippen LogP contribution in [0.3, 0.4) is 0 Å². The first kappa shape index (κ1) is 20.3. The zero-order valence-electron chi connectivity index (χ0n) is 15.2. The second kappa shape index (κ2) is 8.42. The van der Waals surface area contributed by atoms with E-state index in [-0.39, 0.29) is 0 Å². The van der Waals surface area contributed by atoms with Crippen molar-refractivity contribution in [2.24, 2.45) is 0 Å². The minimum absolute atomic E-state index is 0.406. The number of rotatable bonds is 8. The van der Waals surface area contributed by atoms with Gasteiger partial charge in [0, 0.05) is 0 Å². The van der Waals surface area contributed by atoms with Crippen LogP contribution in [-0.4, -0.2) is 84.7 Å². The SMILES string of the molecule is CC1OCC1[S][Sn]([S]C1COC1C)([S]C1COC1C)[S]C1COC1C. The van der Waals surface area contributed by atoms with Gasteiger partial charge >= 0.3 is 167 Å². The molecule has 4 rings (SSSR count). The van der Waals surface area contributed by atoms with Crippen LogP contribution >= 0.6 is 35.8 Å². The van der Waals surface area contributed by atoms with E-state index in [4.69, 9.17) is 18.9 Å². The van der Waals surface area contributed by atoms with E-state index in [1.54, 1.807) is 0 Å². The summed E-state index contributed by atoms with van der Waals surface area (Å²) in [7, 11) is 9.33. The molecule has 0 aromatic heterocycles. The summed E-state index contributed by atoms with van der Waals surface area (Å²) >= 11 is -2.68. The molecule has 8 atom stereocenters. The first-order valence-corrected chi connectivity index (χ1v) is 26.6. The topological polar surface area (TPSA) is 36.9 Å². The molecule has 144 valence electrons. The Hall–Kier alpha value is 2.04. The van der Waals surface area contributed by atoms with Crippen molar-refractivity contribution in [2.45, 2.75) is 73.1 Å². The average molecular weight is 531 g/mol. The Morgan fingerprint density at radius 3 is 0.880 bits per heavy atom. The molecule has 9 heteroatoms. The summed E-state index contributed by atoms with van der Waals surface area (Å²) in [5.74, 6) is 0. The monoisotopic (exact) mass is 532 g/mol. The molecule has 0 amide bonds. The van der Waals surface area contributed by atoms with Crippen molar-refractivity contribution in [3.8, 4) is 0 Å². The van der Waals surface area contributed by atoms with E-state index >= 15 is 0 Å². The molecule has 25 heavy (non-hydrogen) atoms. The molecule has 0 bridgehead atoms. The van der Waals surface area contributed by atoms with Gasteiger partial charge < -0.3 is 0 Å². The molecule has 0 aromatic rings. The predicted molar refractivity (Wildman–Crippen MR) is 113 cm³/mol. The summed E-state index contributed by atoms with van der Waals surface area (Å²) in [6.07, 6.45) is 1.62. The van der Waals surface area contributed by atoms with Crippen molar-refractivity contribution < 1.29 is 18.9 Å². The Kier molecular flexibility index (Phi) is 6.84. The molecule has 4 fully saturated rings. The first-order valence-electron chi connectivity index (χ1n) is 9.13. The van der Waals surface area contributed by atoms with E-state index in [1.807, 2.05) is 0 Å². The minimum atomic E-state index is -2.68. The van der Waals surface area contributed by atoms with Crippen molar-refractivity contribution in [1.82, 2.24) is 0 Å². The van der Waals surface area contributed by atoms with Crippen LogP contribution < -0.4 is 0 Å². The van der Waals surface area contributed by atoms with Crippen LogP contribution in [0.4, 0.5) is 0 Å². The van der Waals surface area contributed by atoms with Gasteiger partial charge in [-0.2, -0.15) is 0 Å². The van der Waals surface area contributed by atoms with E-state index in [2.05, 4.69) is 63.5 Å². The van der Waals surface area contributed by atoms with Gasteiger partial charge in [-0.1, -0.05) is 0 Å². The van der Waals surface area contributed by atoms with Gasteiger partial charge in [0.2, 0.25) is 0 Å². The third-order valence-corrected chi connectivity index (χ3v) is 53.3. The Balaban J connectivity index is 1.51. The normalized spacial score (nSPS) is 48.5. The average Bonchev–Trinajstić information content (AvgIpc) is 2.61. The second-order valence-corrected chi connectivity index (χ2v) is 48.4. The van der Waals surface area contributed by atoms with Crippen LogP contribution in [0.5, 0.6) is 0 Å². The Morgan fingerprint density at radius 2 is 0.760 bits per heavy atom. The molecule has 0 N–H and O–H groups in total. The van der Waals surface area contributed by atoms with E-state index in [0.29, 0.717) is 45.4 Å². The van der Waals surface area contributed by atoms with Crippen LogP contribution in [0.25, 0.3) is 0 Å². The molecular formula is C16H28O4S4Sn. The van der Waals surface area contributed by atoms with Crippen LogP contribution in [0, 0.1) is 0 Å². The van der Waals surface area contributed by atoms with Crippen LogP contribution in [0.15, 0.2) is 0 Å². The maximum absolute atomic E-state index is 5.70. The Labute approximate surface area is 166 Å². The van der Waals surface area contributed by atoms with Crippen LogP contribution in [0.1, 0.15) is 27.7 Å². The third-order valence-electron chi connectivity index (χ3n) is 5.37. The van der Waals surface area contributed by atoms with E-state index < -0.39 is 12.8 Å². The number of hydrogen-bond acceptors (Lipinski definition) is 8. The fourth-order valence-corrected chi connectivity index (χ4v) is 67.4. The van der Waals surface area contributed by atoms with Crippen molar-refractivity contribution in [3.05, 3.63) is 0 Å². The molecule has 0 aromatic carbocycles. The van der Waals surface area contributed by atoms with E-state index in [0.717, 1.165) is 26.4 Å². The summed E-state index contributed by atoms with van der Waals surface area (Å²) in [6.45, 7) is 12.6. The molecule has 0 radical (unpaired) electrons. The van der Waals surface area contributed by atoms with Gasteiger partial charge in [-0.3, -0.25) is 0 Å². The molecule has 4 heterocycles. The fraction of sp³-hybridized carbons (Fsp3) is 1.00. The van der Waals surface area contributed by atoms with Crippen LogP contribution in [0.2, 0.25) is 0 Å². The summed E-state index contributed by atoms with van der Waals surface area (Å²) in [4.78, 5) is 0. The predicted octanol–water partition coefficient (Wildman–Crippen LogP) is 3.50. The zero-order valence-corrected chi connectivity index (χ0v) is 21.3. The summed E-state index contributed by atoms with van der Waals surface area (Å²) in [5, 5.41) is 2.69. The molecule has 8 unspecified atom stereocenters. The van der Waals surface area contributed by atoms with E-state index in [1.165, 1.54) is 0 Å². The third kappa shape index (κ3) is 4.47. The molecule has 4 aliphatic rings. The molecular weight excluding hydrogens is 503 g/mol. The first-order chi connectivity index (χ1) is 12.0. The zero-order chi connectivity index (χ0) is 17.6. The van der Waals surface area contributed by atoms with Crippen molar-refractivity contribution in [3.63, 3.8) is 0 Å². The maximum atomic E-state index is 5.70. The number of ether oxygens (including phenoxy) is 4. The van der Waals surface area contributed by atoms with Crippen molar-refractivity contribution in [2.75, 3.05) is 26.4 Å². The number of hydrogen-bond donors (Lipinski definition) is 0. The quantitative estimate of drug-likeness (QED) is 0.441. The van der Waals surface area contributed by atoms with Crippen molar-refractivity contribution >= 4 is 48.6 Å². The van der Waals surface area contributed by atoms with Gasteiger partial charge in [0.15, 0.2) is 0 Å². The second-order valence-electron chi connectivity index (χ2n) is 7.28. The molecule has 4 nitrogen and oxygen atoms in total. The molecule has 4 saturated heterocycles. The fourth-order valence-electron chi connectivity index (χ4n) is 2.90. The van der Waals surface area contributed by atoms with Gasteiger partial charge in [-0.05, 0) is 0 Å². The van der Waals surface area contributed by atoms with Gasteiger partial charge in [0.25, 0.3) is 0 Å². The van der Waals surface area contributed by atoms with Crippen LogP contribution in [-0.2, 0) is 18.9 Å². The van der Waals surface area contributed by atoms with Gasteiger partial charge in [0.1, 0.15) is 0 Å². The summed E-state index contributed by atoms with van der Waals surface area (Å²) in [6, 6.07) is 0. The van der Waals surface area contributed by atoms with Gasteiger partial charge in [-0.15, -0.1) is 0 Å². The molecule has 0 spiro atoms. The van der Waals surface area contributed by atoms with E-state index in [9.17, 15) is 0 Å². The van der Waals surface area contributed by atoms with Crippen molar-refractivity contribution in [1.29, 1.82) is 0 Å². The summed E-state index contributed by atoms with van der Waals surface area (Å²) in [5.41, 5.74) is 0.